The van der Waals surface area contributed by atoms with Crippen LogP contribution in [0.3, 0.4) is 0 Å². The molecule has 0 spiro atoms. The van der Waals surface area contributed by atoms with Gasteiger partial charge in [-0.05, 0) is 35.4 Å². The van der Waals surface area contributed by atoms with E-state index in [1.54, 1.807) is 6.92 Å². The first-order chi connectivity index (χ1) is 13.0. The van der Waals surface area contributed by atoms with Gasteiger partial charge in [0.1, 0.15) is 5.78 Å². The predicted molar refractivity (Wildman–Crippen MR) is 101 cm³/mol. The largest absolute Gasteiger partial charge is 1.00 e. The number of carboxylic acid groups (broad SMARTS) is 1. The quantitative estimate of drug-likeness (QED) is 0.275. The van der Waals surface area contributed by atoms with Crippen LogP contribution in [0.15, 0.2) is 52.7 Å². The second-order valence-corrected chi connectivity index (χ2v) is 5.87. The summed E-state index contributed by atoms with van der Waals surface area (Å²) >= 11 is 0. The maximum Gasteiger partial charge on any atom is 1.00 e. The third kappa shape index (κ3) is 7.55. The zero-order valence-corrected chi connectivity index (χ0v) is 16.1. The Morgan fingerprint density at radius 3 is 2.46 bits per heavy atom. The van der Waals surface area contributed by atoms with Gasteiger partial charge in [-0.15, -0.1) is 5.10 Å². The molecule has 0 saturated carbocycles. The van der Waals surface area contributed by atoms with Gasteiger partial charge in [-0.1, -0.05) is 43.3 Å². The van der Waals surface area contributed by atoms with E-state index in [1.165, 1.54) is 0 Å². The minimum Gasteiger partial charge on any atom is -0.599 e. The van der Waals surface area contributed by atoms with Gasteiger partial charge in [0.25, 0.3) is 0 Å². The van der Waals surface area contributed by atoms with E-state index >= 15 is 0 Å². The maximum atomic E-state index is 12.2. The summed E-state index contributed by atoms with van der Waals surface area (Å²) in [7, 11) is 0. The Labute approximate surface area is 175 Å². The molecule has 0 saturated heterocycles. The van der Waals surface area contributed by atoms with Crippen LogP contribution in [0, 0.1) is 0 Å². The van der Waals surface area contributed by atoms with E-state index in [4.69, 9.17) is 9.84 Å². The van der Waals surface area contributed by atoms with E-state index in [1.807, 2.05) is 42.5 Å². The Hall–Kier alpha value is -2.62. The topological polar surface area (TPSA) is 111 Å². The molecule has 8 heteroatoms. The number of carbonyl (C=O) groups is 2. The van der Waals surface area contributed by atoms with E-state index < -0.39 is 12.1 Å². The van der Waals surface area contributed by atoms with Crippen LogP contribution in [0.5, 0.6) is 0 Å². The Bertz CT molecular complexity index is 880. The SMILES string of the molecule is CCO/C([O-])=N/N=C(\CC(=O)CCCC(=O)O)c1ccc2ccccc2c1.[Li+]. The van der Waals surface area contributed by atoms with Crippen molar-refractivity contribution in [1.29, 1.82) is 0 Å². The van der Waals surface area contributed by atoms with Crippen LogP contribution in [0.1, 0.15) is 38.2 Å². The first-order valence-corrected chi connectivity index (χ1v) is 8.66. The Morgan fingerprint density at radius 2 is 1.79 bits per heavy atom. The zero-order chi connectivity index (χ0) is 19.6. The molecule has 0 atom stereocenters. The van der Waals surface area contributed by atoms with Crippen LogP contribution in [-0.2, 0) is 14.3 Å². The molecular formula is C20H21LiN2O5. The minimum atomic E-state index is -0.941. The smallest absolute Gasteiger partial charge is 0.599 e. The summed E-state index contributed by atoms with van der Waals surface area (Å²) in [5.41, 5.74) is 1.02. The van der Waals surface area contributed by atoms with Crippen molar-refractivity contribution in [2.45, 2.75) is 32.6 Å². The summed E-state index contributed by atoms with van der Waals surface area (Å²) in [6, 6.07) is 13.3. The minimum absolute atomic E-state index is 0. The number of Topliss-reactive ketones (excluding diaryl/α,β-unsaturated/α-hetero) is 1. The third-order valence-electron chi connectivity index (χ3n) is 3.81. The first kappa shape index (κ1) is 23.4. The van der Waals surface area contributed by atoms with Crippen LogP contribution >= 0.6 is 0 Å². The second kappa shape index (κ2) is 12.0. The normalized spacial score (nSPS) is 11.8. The number of fused-ring (bicyclic) bond motifs is 1. The van der Waals surface area contributed by atoms with E-state index in [0.29, 0.717) is 11.3 Å². The Balaban J connectivity index is 0.00000392. The first-order valence-electron chi connectivity index (χ1n) is 8.66. The van der Waals surface area contributed by atoms with Gasteiger partial charge in [-0.3, -0.25) is 9.59 Å². The second-order valence-electron chi connectivity index (χ2n) is 5.87. The van der Waals surface area contributed by atoms with Gasteiger partial charge in [0, 0.05) is 12.8 Å². The molecule has 142 valence electrons. The number of benzene rings is 2. The average molecular weight is 376 g/mol. The number of ether oxygens (including phenoxy) is 1. The zero-order valence-electron chi connectivity index (χ0n) is 16.1. The van der Waals surface area contributed by atoms with Gasteiger partial charge in [-0.2, -0.15) is 5.10 Å². The molecule has 0 aliphatic heterocycles. The predicted octanol–water partition coefficient (Wildman–Crippen LogP) is -0.485. The summed E-state index contributed by atoms with van der Waals surface area (Å²) in [6.45, 7) is 1.84. The van der Waals surface area contributed by atoms with Gasteiger partial charge in [-0.25, -0.2) is 0 Å². The van der Waals surface area contributed by atoms with E-state index in [-0.39, 0.29) is 56.9 Å². The fraction of sp³-hybridized carbons (Fsp3) is 0.300. The molecule has 0 aromatic heterocycles. The van der Waals surface area contributed by atoms with Gasteiger partial charge >= 0.3 is 24.8 Å². The fourth-order valence-electron chi connectivity index (χ4n) is 2.53. The maximum absolute atomic E-state index is 12.2. The van der Waals surface area contributed by atoms with Crippen molar-refractivity contribution >= 4 is 34.3 Å². The van der Waals surface area contributed by atoms with Crippen LogP contribution in [0.25, 0.3) is 10.8 Å². The monoisotopic (exact) mass is 376 g/mol. The number of rotatable bonds is 9. The molecule has 0 heterocycles. The average Bonchev–Trinajstić information content (AvgIpc) is 2.64. The standard InChI is InChI=1S/C20H22N2O5.Li/c1-2-27-20(26)22-21-18(13-17(23)8-5-9-19(24)25)16-11-10-14-6-3-4-7-15(14)12-16;/h3-4,6-7,10-12H,2,5,8-9,13H2,1H3,(H,22,26)(H,24,25);/q;+1/p-1/b21-18+;. The van der Waals surface area contributed by atoms with Crippen molar-refractivity contribution in [2.75, 3.05) is 6.61 Å². The van der Waals surface area contributed by atoms with E-state index in [0.717, 1.165) is 10.8 Å². The molecule has 1 N–H and O–H groups in total. The van der Waals surface area contributed by atoms with Crippen molar-refractivity contribution in [2.24, 2.45) is 10.2 Å². The molecule has 0 aliphatic rings. The number of carbonyl (C=O) groups excluding carboxylic acids is 1. The van der Waals surface area contributed by atoms with Gasteiger partial charge in [0.15, 0.2) is 6.08 Å². The van der Waals surface area contributed by atoms with Crippen molar-refractivity contribution in [1.82, 2.24) is 0 Å². The van der Waals surface area contributed by atoms with Gasteiger partial charge in [0.2, 0.25) is 0 Å². The van der Waals surface area contributed by atoms with E-state index in [2.05, 4.69) is 10.2 Å². The molecule has 0 unspecified atom stereocenters. The van der Waals surface area contributed by atoms with Crippen molar-refractivity contribution in [3.05, 3.63) is 48.0 Å². The number of ketones is 1. The summed E-state index contributed by atoms with van der Waals surface area (Å²) in [5, 5.41) is 29.6. The summed E-state index contributed by atoms with van der Waals surface area (Å²) < 4.78 is 4.73. The Kier molecular flexibility index (Phi) is 10.0. The summed E-state index contributed by atoms with van der Waals surface area (Å²) in [6.07, 6.45) is -0.552. The number of carboxylic acids is 1. The molecular weight excluding hydrogens is 355 g/mol. The van der Waals surface area contributed by atoms with Crippen LogP contribution in [0.4, 0.5) is 0 Å². The summed E-state index contributed by atoms with van der Waals surface area (Å²) in [4.78, 5) is 22.8. The molecule has 7 nitrogen and oxygen atoms in total. The molecule has 0 aliphatic carbocycles. The number of aliphatic carboxylic acids is 1. The molecule has 0 amide bonds. The molecule has 2 aromatic rings. The fourth-order valence-corrected chi connectivity index (χ4v) is 2.53. The van der Waals surface area contributed by atoms with E-state index in [9.17, 15) is 14.7 Å². The Morgan fingerprint density at radius 1 is 1.07 bits per heavy atom. The number of hydrogen-bond donors (Lipinski definition) is 1. The molecule has 0 radical (unpaired) electrons. The third-order valence-corrected chi connectivity index (χ3v) is 3.81. The molecule has 0 bridgehead atoms. The van der Waals surface area contributed by atoms with Crippen LogP contribution in [0.2, 0.25) is 0 Å². The van der Waals surface area contributed by atoms with Crippen LogP contribution in [-0.4, -0.2) is 35.3 Å². The van der Waals surface area contributed by atoms with Crippen molar-refractivity contribution < 1.29 is 43.4 Å². The molecule has 2 aromatic carbocycles. The molecule has 2 rings (SSSR count). The summed E-state index contributed by atoms with van der Waals surface area (Å²) in [5.74, 6) is -1.11. The number of hydrogen-bond acceptors (Lipinski definition) is 6. The van der Waals surface area contributed by atoms with Crippen LogP contribution < -0.4 is 24.0 Å². The molecule has 28 heavy (non-hydrogen) atoms. The van der Waals surface area contributed by atoms with Gasteiger partial charge in [0.05, 0.1) is 12.1 Å². The number of nitrogens with zero attached hydrogens (tertiary/aromatic N) is 2. The van der Waals surface area contributed by atoms with Crippen molar-refractivity contribution in [3.63, 3.8) is 0 Å². The van der Waals surface area contributed by atoms with Gasteiger partial charge < -0.3 is 14.9 Å². The molecule has 0 fully saturated rings. The van der Waals surface area contributed by atoms with Crippen molar-refractivity contribution in [3.8, 4) is 0 Å².